The quantitative estimate of drug-likeness (QED) is 0.588. The molecule has 0 bridgehead atoms. The number of fused-ring (bicyclic) bond motifs is 3. The first kappa shape index (κ1) is 18.9. The van der Waals surface area contributed by atoms with Gasteiger partial charge in [0.05, 0.1) is 5.92 Å². The van der Waals surface area contributed by atoms with Crippen molar-refractivity contribution in [1.29, 1.82) is 0 Å². The molecule has 3 heteroatoms. The van der Waals surface area contributed by atoms with Gasteiger partial charge in [-0.3, -0.25) is 4.79 Å². The van der Waals surface area contributed by atoms with E-state index in [0.717, 1.165) is 12.2 Å². The first-order valence-electron chi connectivity index (χ1n) is 10.6. The Bertz CT molecular complexity index is 1140. The summed E-state index contributed by atoms with van der Waals surface area (Å²) in [7, 11) is 0. The van der Waals surface area contributed by atoms with Crippen molar-refractivity contribution in [3.05, 3.63) is 88.0 Å². The van der Waals surface area contributed by atoms with Gasteiger partial charge >= 0.3 is 5.97 Å². The van der Waals surface area contributed by atoms with Gasteiger partial charge in [-0.2, -0.15) is 0 Å². The Morgan fingerprint density at radius 3 is 2.50 bits per heavy atom. The number of hydrogen-bond acceptors (Lipinski definition) is 2. The molecule has 2 aliphatic rings. The molecule has 3 aromatic rings. The summed E-state index contributed by atoms with van der Waals surface area (Å²) < 4.78 is 6.16. The van der Waals surface area contributed by atoms with Gasteiger partial charge in [-0.05, 0) is 89.8 Å². The van der Waals surface area contributed by atoms with Crippen LogP contribution < -0.4 is 4.74 Å². The van der Waals surface area contributed by atoms with Crippen LogP contribution in [0.5, 0.6) is 5.75 Å². The van der Waals surface area contributed by atoms with Gasteiger partial charge in [-0.15, -0.1) is 0 Å². The molecule has 2 aliphatic carbocycles. The Kier molecular flexibility index (Phi) is 4.43. The lowest BCUT2D eigenvalue weighted by Gasteiger charge is -2.16. The first-order chi connectivity index (χ1) is 14.5. The van der Waals surface area contributed by atoms with E-state index in [4.69, 9.17) is 4.74 Å². The van der Waals surface area contributed by atoms with Crippen molar-refractivity contribution in [1.82, 2.24) is 0 Å². The summed E-state index contributed by atoms with van der Waals surface area (Å²) >= 11 is 0. The number of hydrogen-bond donors (Lipinski definition) is 1. The maximum atomic E-state index is 11.3. The summed E-state index contributed by atoms with van der Waals surface area (Å²) in [5, 5.41) is 9.29. The second-order valence-electron chi connectivity index (χ2n) is 8.76. The average molecular weight is 399 g/mol. The van der Waals surface area contributed by atoms with Crippen LogP contribution in [0.3, 0.4) is 0 Å². The fourth-order valence-corrected chi connectivity index (χ4v) is 5.33. The van der Waals surface area contributed by atoms with E-state index in [1.54, 1.807) is 0 Å². The van der Waals surface area contributed by atoms with E-state index in [0.29, 0.717) is 6.61 Å². The molecule has 30 heavy (non-hydrogen) atoms. The molecule has 0 heterocycles. The lowest BCUT2D eigenvalue weighted by molar-refractivity contribution is -0.139. The van der Waals surface area contributed by atoms with Gasteiger partial charge in [0.2, 0.25) is 0 Å². The number of aliphatic carboxylic acids is 1. The normalized spacial score (nSPS) is 21.1. The number of carbonyl (C=O) groups is 1. The zero-order chi connectivity index (χ0) is 21.0. The molecule has 0 amide bonds. The van der Waals surface area contributed by atoms with E-state index in [2.05, 4.69) is 69.3 Å². The lowest BCUT2D eigenvalue weighted by Crippen LogP contribution is -2.05. The molecule has 3 aromatic carbocycles. The van der Waals surface area contributed by atoms with Gasteiger partial charge in [-0.1, -0.05) is 42.5 Å². The maximum absolute atomic E-state index is 11.3. The molecule has 1 N–H and O–H groups in total. The largest absolute Gasteiger partial charge is 0.489 e. The zero-order valence-corrected chi connectivity index (χ0v) is 17.6. The highest BCUT2D eigenvalue weighted by Gasteiger charge is 2.59. The van der Waals surface area contributed by atoms with E-state index in [9.17, 15) is 9.90 Å². The fourth-order valence-electron chi connectivity index (χ4n) is 5.33. The van der Waals surface area contributed by atoms with Crippen LogP contribution in [0, 0.1) is 32.6 Å². The van der Waals surface area contributed by atoms with Gasteiger partial charge in [0.15, 0.2) is 0 Å². The molecule has 3 atom stereocenters. The first-order valence-corrected chi connectivity index (χ1v) is 10.6. The number of rotatable bonds is 5. The van der Waals surface area contributed by atoms with Crippen LogP contribution >= 0.6 is 0 Å². The zero-order valence-electron chi connectivity index (χ0n) is 17.6. The summed E-state index contributed by atoms with van der Waals surface area (Å²) in [6.45, 7) is 7.01. The van der Waals surface area contributed by atoms with Crippen molar-refractivity contribution < 1.29 is 14.6 Å². The third-order valence-electron chi connectivity index (χ3n) is 6.97. The van der Waals surface area contributed by atoms with Crippen LogP contribution in [-0.4, -0.2) is 11.1 Å². The Labute approximate surface area is 177 Å². The predicted molar refractivity (Wildman–Crippen MR) is 118 cm³/mol. The van der Waals surface area contributed by atoms with Crippen LogP contribution in [0.25, 0.3) is 11.1 Å². The highest BCUT2D eigenvalue weighted by atomic mass is 16.5. The lowest BCUT2D eigenvalue weighted by atomic mass is 9.91. The number of benzene rings is 3. The van der Waals surface area contributed by atoms with E-state index in [-0.39, 0.29) is 17.8 Å². The second-order valence-corrected chi connectivity index (χ2v) is 8.76. The van der Waals surface area contributed by atoms with Crippen molar-refractivity contribution in [3.8, 4) is 16.9 Å². The molecular weight excluding hydrogens is 372 g/mol. The molecule has 0 radical (unpaired) electrons. The molecule has 0 saturated heterocycles. The second kappa shape index (κ2) is 7.02. The monoisotopic (exact) mass is 398 g/mol. The number of ether oxygens (including phenoxy) is 1. The Hall–Kier alpha value is -3.07. The van der Waals surface area contributed by atoms with Crippen LogP contribution in [0.1, 0.15) is 39.3 Å². The van der Waals surface area contributed by atoms with Gasteiger partial charge in [0, 0.05) is 5.92 Å². The van der Waals surface area contributed by atoms with Crippen molar-refractivity contribution >= 4 is 5.97 Å². The number of carboxylic acids is 1. The van der Waals surface area contributed by atoms with Crippen molar-refractivity contribution in [2.45, 2.75) is 39.7 Å². The van der Waals surface area contributed by atoms with Crippen LogP contribution in [0.2, 0.25) is 0 Å². The minimum Gasteiger partial charge on any atom is -0.489 e. The molecule has 1 saturated carbocycles. The minimum absolute atomic E-state index is 0.181. The summed E-state index contributed by atoms with van der Waals surface area (Å²) in [4.78, 5) is 11.3. The van der Waals surface area contributed by atoms with E-state index < -0.39 is 5.97 Å². The van der Waals surface area contributed by atoms with Crippen molar-refractivity contribution in [3.63, 3.8) is 0 Å². The SMILES string of the molecule is Cc1cccc(C)c1-c1cccc(COc2ccc3c(c2)C[C@H]2[C@H](C(=O)O)[C@@H]32)c1C. The van der Waals surface area contributed by atoms with Crippen LogP contribution in [0.4, 0.5) is 0 Å². The maximum Gasteiger partial charge on any atom is 0.307 e. The molecule has 3 nitrogen and oxygen atoms in total. The summed E-state index contributed by atoms with van der Waals surface area (Å²) in [6, 6.07) is 19.0. The fraction of sp³-hybridized carbons (Fsp3) is 0.296. The highest BCUT2D eigenvalue weighted by Crippen LogP contribution is 2.61. The predicted octanol–water partition coefficient (Wildman–Crippen LogP) is 5.83. The van der Waals surface area contributed by atoms with E-state index >= 15 is 0 Å². The Morgan fingerprint density at radius 2 is 1.77 bits per heavy atom. The van der Waals surface area contributed by atoms with Gasteiger partial charge < -0.3 is 9.84 Å². The van der Waals surface area contributed by atoms with Crippen molar-refractivity contribution in [2.24, 2.45) is 11.8 Å². The standard InChI is InChI=1S/C27H26O3/c1-15-6-4-7-16(2)24(15)21-9-5-8-18(17(21)3)14-30-20-10-11-22-19(12-20)13-23-25(22)26(23)27(28)29/h4-12,23,25-26H,13-14H2,1-3H3,(H,28,29)/t23-,25+,26+/m1/s1. The third-order valence-corrected chi connectivity index (χ3v) is 6.97. The molecule has 0 spiro atoms. The molecule has 0 aliphatic heterocycles. The van der Waals surface area contributed by atoms with Gasteiger partial charge in [-0.25, -0.2) is 0 Å². The Morgan fingerprint density at radius 1 is 1.03 bits per heavy atom. The average Bonchev–Trinajstić information content (AvgIpc) is 3.31. The minimum atomic E-state index is -0.657. The van der Waals surface area contributed by atoms with Crippen molar-refractivity contribution in [2.75, 3.05) is 0 Å². The van der Waals surface area contributed by atoms with Gasteiger partial charge in [0.25, 0.3) is 0 Å². The summed E-state index contributed by atoms with van der Waals surface area (Å²) in [5.74, 6) is 0.514. The summed E-state index contributed by atoms with van der Waals surface area (Å²) in [5.41, 5.74) is 10.0. The molecule has 0 aromatic heterocycles. The highest BCUT2D eigenvalue weighted by molar-refractivity contribution is 5.78. The van der Waals surface area contributed by atoms with E-state index in [1.165, 1.54) is 44.5 Å². The van der Waals surface area contributed by atoms with E-state index in [1.807, 2.05) is 6.07 Å². The third kappa shape index (κ3) is 3.00. The summed E-state index contributed by atoms with van der Waals surface area (Å²) in [6.07, 6.45) is 0.856. The molecule has 0 unspecified atom stereocenters. The molecular formula is C27H26O3. The molecule has 1 fully saturated rings. The van der Waals surface area contributed by atoms with Gasteiger partial charge in [0.1, 0.15) is 12.4 Å². The smallest absolute Gasteiger partial charge is 0.307 e. The number of aryl methyl sites for hydroxylation is 2. The molecule has 5 rings (SSSR count). The number of carboxylic acid groups (broad SMARTS) is 1. The Balaban J connectivity index is 1.35. The molecule has 152 valence electrons. The topological polar surface area (TPSA) is 46.5 Å². The van der Waals surface area contributed by atoms with Crippen LogP contribution in [0.15, 0.2) is 54.6 Å². The van der Waals surface area contributed by atoms with Crippen LogP contribution in [-0.2, 0) is 17.8 Å².